The molecule has 2 bridgehead atoms. The van der Waals surface area contributed by atoms with Crippen LogP contribution < -0.4 is 15.4 Å². The van der Waals surface area contributed by atoms with Gasteiger partial charge in [-0.15, -0.1) is 0 Å². The van der Waals surface area contributed by atoms with Crippen LogP contribution in [0.4, 0.5) is 4.79 Å². The Morgan fingerprint density at radius 3 is 2.92 bits per heavy atom. The number of amides is 2. The molecule has 2 fully saturated rings. The van der Waals surface area contributed by atoms with Crippen LogP contribution in [-0.4, -0.2) is 25.2 Å². The highest BCUT2D eigenvalue weighted by molar-refractivity contribution is 9.10. The number of hydrogen-bond acceptors (Lipinski definition) is 2. The number of nitrogens with one attached hydrogen (secondary N) is 2. The summed E-state index contributed by atoms with van der Waals surface area (Å²) in [6, 6.07) is 5.72. The predicted molar refractivity (Wildman–Crippen MR) is 104 cm³/mol. The molecule has 0 spiro atoms. The summed E-state index contributed by atoms with van der Waals surface area (Å²) in [5.41, 5.74) is 0. The van der Waals surface area contributed by atoms with Crippen molar-refractivity contribution < 1.29 is 9.53 Å². The number of carbonyl (C=O) groups is 1. The van der Waals surface area contributed by atoms with E-state index in [1.807, 2.05) is 12.1 Å². The average Bonchev–Trinajstić information content (AvgIpc) is 3.19. The monoisotopic (exact) mass is 428 g/mol. The molecule has 0 saturated heterocycles. The third kappa shape index (κ3) is 5.04. The highest BCUT2D eigenvalue weighted by Crippen LogP contribution is 2.49. The van der Waals surface area contributed by atoms with Crippen molar-refractivity contribution in [1.82, 2.24) is 10.6 Å². The van der Waals surface area contributed by atoms with Gasteiger partial charge >= 0.3 is 6.03 Å². The number of hydrogen-bond donors (Lipinski definition) is 2. The molecule has 0 aliphatic heterocycles. The SMILES string of the molecule is CC(NC(=O)NCCCOc1ccc(Br)cc1Cl)C1CC2CCC1C2. The molecule has 1 aromatic carbocycles. The van der Waals surface area contributed by atoms with Gasteiger partial charge in [0.05, 0.1) is 11.6 Å². The first-order valence-electron chi connectivity index (χ1n) is 9.15. The van der Waals surface area contributed by atoms with E-state index in [0.717, 1.165) is 22.7 Å². The Morgan fingerprint density at radius 2 is 2.24 bits per heavy atom. The highest BCUT2D eigenvalue weighted by Gasteiger charge is 2.42. The summed E-state index contributed by atoms with van der Waals surface area (Å²) >= 11 is 9.47. The lowest BCUT2D eigenvalue weighted by molar-refractivity contribution is 0.219. The lowest BCUT2D eigenvalue weighted by Gasteiger charge is -2.28. The third-order valence-corrected chi connectivity index (χ3v) is 6.34. The van der Waals surface area contributed by atoms with E-state index in [4.69, 9.17) is 16.3 Å². The Hall–Kier alpha value is -0.940. The van der Waals surface area contributed by atoms with Crippen molar-refractivity contribution in [2.24, 2.45) is 17.8 Å². The van der Waals surface area contributed by atoms with Crippen molar-refractivity contribution in [2.75, 3.05) is 13.2 Å². The Morgan fingerprint density at radius 1 is 1.40 bits per heavy atom. The van der Waals surface area contributed by atoms with Crippen molar-refractivity contribution in [1.29, 1.82) is 0 Å². The van der Waals surface area contributed by atoms with Crippen molar-refractivity contribution in [2.45, 2.75) is 45.1 Å². The summed E-state index contributed by atoms with van der Waals surface area (Å²) in [6.07, 6.45) is 6.13. The normalized spacial score (nSPS) is 25.6. The second-order valence-electron chi connectivity index (χ2n) is 7.30. The Bertz CT molecular complexity index is 613. The Kier molecular flexibility index (Phi) is 6.50. The fraction of sp³-hybridized carbons (Fsp3) is 0.632. The predicted octanol–water partition coefficient (Wildman–Crippen LogP) is 5.00. The van der Waals surface area contributed by atoms with E-state index in [1.54, 1.807) is 6.07 Å². The van der Waals surface area contributed by atoms with Crippen molar-refractivity contribution in [3.8, 4) is 5.75 Å². The van der Waals surface area contributed by atoms with Gasteiger partial charge in [0.2, 0.25) is 0 Å². The number of fused-ring (bicyclic) bond motifs is 2. The van der Waals surface area contributed by atoms with E-state index >= 15 is 0 Å². The van der Waals surface area contributed by atoms with Crippen LogP contribution in [0.25, 0.3) is 0 Å². The molecule has 0 heterocycles. The van der Waals surface area contributed by atoms with E-state index in [9.17, 15) is 4.79 Å². The fourth-order valence-corrected chi connectivity index (χ4v) is 5.05. The summed E-state index contributed by atoms with van der Waals surface area (Å²) in [7, 11) is 0. The van der Waals surface area contributed by atoms with Gasteiger partial charge < -0.3 is 15.4 Å². The summed E-state index contributed by atoms with van der Waals surface area (Å²) in [5.74, 6) is 3.06. The maximum atomic E-state index is 12.1. The van der Waals surface area contributed by atoms with E-state index in [2.05, 4.69) is 33.5 Å². The molecule has 4 nitrogen and oxygen atoms in total. The van der Waals surface area contributed by atoms with Crippen LogP contribution in [-0.2, 0) is 0 Å². The first kappa shape index (κ1) is 18.8. The number of benzene rings is 1. The van der Waals surface area contributed by atoms with Crippen molar-refractivity contribution in [3.05, 3.63) is 27.7 Å². The minimum absolute atomic E-state index is 0.0723. The number of carbonyl (C=O) groups excluding carboxylic acids is 1. The van der Waals surface area contributed by atoms with E-state index in [-0.39, 0.29) is 12.1 Å². The summed E-state index contributed by atoms with van der Waals surface area (Å²) in [4.78, 5) is 12.1. The standard InChI is InChI=1S/C19H26BrClN2O2/c1-12(16-10-13-3-4-14(16)9-13)23-19(24)22-7-2-8-25-18-6-5-15(20)11-17(18)21/h5-6,11-14,16H,2-4,7-10H2,1H3,(H2,22,23,24). The first-order chi connectivity index (χ1) is 12.0. The van der Waals surface area contributed by atoms with Gasteiger partial charge in [-0.2, -0.15) is 0 Å². The van der Waals surface area contributed by atoms with Gasteiger partial charge in [-0.3, -0.25) is 0 Å². The highest BCUT2D eigenvalue weighted by atomic mass is 79.9. The molecule has 2 aliphatic carbocycles. The molecule has 0 aromatic heterocycles. The minimum atomic E-state index is -0.0723. The van der Waals surface area contributed by atoms with Gasteiger partial charge in [-0.05, 0) is 68.6 Å². The number of urea groups is 1. The van der Waals surface area contributed by atoms with Gasteiger partial charge in [0.25, 0.3) is 0 Å². The first-order valence-corrected chi connectivity index (χ1v) is 10.3. The molecule has 138 valence electrons. The maximum absolute atomic E-state index is 12.1. The molecular formula is C19H26BrClN2O2. The molecule has 2 saturated carbocycles. The number of halogens is 2. The molecule has 2 N–H and O–H groups in total. The number of rotatable bonds is 7. The zero-order chi connectivity index (χ0) is 17.8. The molecule has 2 amide bonds. The van der Waals surface area contributed by atoms with Crippen LogP contribution in [0.15, 0.2) is 22.7 Å². The third-order valence-electron chi connectivity index (χ3n) is 5.55. The van der Waals surface area contributed by atoms with Crippen LogP contribution in [0, 0.1) is 17.8 Å². The largest absolute Gasteiger partial charge is 0.492 e. The molecule has 25 heavy (non-hydrogen) atoms. The molecule has 1 aromatic rings. The second-order valence-corrected chi connectivity index (χ2v) is 8.63. The van der Waals surface area contributed by atoms with Crippen LogP contribution in [0.3, 0.4) is 0 Å². The van der Waals surface area contributed by atoms with Gasteiger partial charge in [-0.25, -0.2) is 4.79 Å². The van der Waals surface area contributed by atoms with Gasteiger partial charge in [0.15, 0.2) is 0 Å². The number of ether oxygens (including phenoxy) is 1. The van der Waals surface area contributed by atoms with Crippen LogP contribution in [0.5, 0.6) is 5.75 Å². The molecule has 4 atom stereocenters. The summed E-state index contributed by atoms with van der Waals surface area (Å²) < 4.78 is 6.57. The molecule has 3 rings (SSSR count). The summed E-state index contributed by atoms with van der Waals surface area (Å²) in [6.45, 7) is 3.25. The van der Waals surface area contributed by atoms with Gasteiger partial charge in [0.1, 0.15) is 5.75 Å². The quantitative estimate of drug-likeness (QED) is 0.600. The van der Waals surface area contributed by atoms with E-state index in [1.165, 1.54) is 25.7 Å². The zero-order valence-electron chi connectivity index (χ0n) is 14.6. The second kappa shape index (κ2) is 8.63. The maximum Gasteiger partial charge on any atom is 0.315 e. The van der Waals surface area contributed by atoms with Crippen LogP contribution in [0.1, 0.15) is 39.0 Å². The minimum Gasteiger partial charge on any atom is -0.492 e. The molecule has 2 aliphatic rings. The Labute approximate surface area is 163 Å². The molecular weight excluding hydrogens is 404 g/mol. The van der Waals surface area contributed by atoms with Gasteiger partial charge in [-0.1, -0.05) is 34.0 Å². The Balaban J connectivity index is 1.30. The lowest BCUT2D eigenvalue weighted by Crippen LogP contribution is -2.45. The average molecular weight is 430 g/mol. The molecule has 4 unspecified atom stereocenters. The van der Waals surface area contributed by atoms with E-state index in [0.29, 0.717) is 29.8 Å². The topological polar surface area (TPSA) is 50.4 Å². The summed E-state index contributed by atoms with van der Waals surface area (Å²) in [5, 5.41) is 6.62. The zero-order valence-corrected chi connectivity index (χ0v) is 16.9. The molecule has 6 heteroatoms. The van der Waals surface area contributed by atoms with E-state index < -0.39 is 0 Å². The van der Waals surface area contributed by atoms with Crippen LogP contribution in [0.2, 0.25) is 5.02 Å². The van der Waals surface area contributed by atoms with Crippen LogP contribution >= 0.6 is 27.5 Å². The van der Waals surface area contributed by atoms with Crippen molar-refractivity contribution >= 4 is 33.6 Å². The van der Waals surface area contributed by atoms with Gasteiger partial charge in [0, 0.05) is 17.1 Å². The molecule has 0 radical (unpaired) electrons. The fourth-order valence-electron chi connectivity index (χ4n) is 4.32. The lowest BCUT2D eigenvalue weighted by atomic mass is 9.84. The smallest absolute Gasteiger partial charge is 0.315 e. The van der Waals surface area contributed by atoms with Crippen molar-refractivity contribution in [3.63, 3.8) is 0 Å².